The van der Waals surface area contributed by atoms with Gasteiger partial charge < -0.3 is 29.3 Å². The molecule has 35 heavy (non-hydrogen) atoms. The van der Waals surface area contributed by atoms with Crippen molar-refractivity contribution in [2.24, 2.45) is 0 Å². The summed E-state index contributed by atoms with van der Waals surface area (Å²) in [7, 11) is 1.51. The van der Waals surface area contributed by atoms with Crippen LogP contribution in [0.5, 0.6) is 11.5 Å². The van der Waals surface area contributed by atoms with Gasteiger partial charge in [0.05, 0.1) is 26.4 Å². The first-order chi connectivity index (χ1) is 16.9. The van der Waals surface area contributed by atoms with Crippen molar-refractivity contribution in [2.75, 3.05) is 56.7 Å². The van der Waals surface area contributed by atoms with Crippen LogP contribution in [0.25, 0.3) is 6.08 Å². The summed E-state index contributed by atoms with van der Waals surface area (Å²) in [6.07, 6.45) is 2.80. The average molecular weight is 490 g/mol. The van der Waals surface area contributed by atoms with Crippen molar-refractivity contribution in [3.05, 3.63) is 54.1 Å². The molecule has 1 aliphatic heterocycles. The first-order valence-electron chi connectivity index (χ1n) is 11.2. The number of ether oxygens (including phenoxy) is 3. The van der Waals surface area contributed by atoms with E-state index < -0.39 is 12.5 Å². The second-order valence-corrected chi connectivity index (χ2v) is 7.74. The van der Waals surface area contributed by atoms with E-state index in [4.69, 9.17) is 9.47 Å². The summed E-state index contributed by atoms with van der Waals surface area (Å²) in [6, 6.07) is 11.9. The molecule has 0 unspecified atom stereocenters. The highest BCUT2D eigenvalue weighted by molar-refractivity contribution is 5.98. The van der Waals surface area contributed by atoms with Crippen LogP contribution in [0.1, 0.15) is 12.5 Å². The molecule has 1 aliphatic rings. The van der Waals surface area contributed by atoms with Gasteiger partial charge in [0.2, 0.25) is 11.8 Å². The lowest BCUT2D eigenvalue weighted by molar-refractivity contribution is -0.129. The molecule has 10 heteroatoms. The van der Waals surface area contributed by atoms with Gasteiger partial charge in [-0.05, 0) is 55.0 Å². The van der Waals surface area contributed by atoms with Crippen molar-refractivity contribution in [2.45, 2.75) is 13.5 Å². The highest BCUT2D eigenvalue weighted by Crippen LogP contribution is 2.30. The number of carbonyl (C=O) groups is 2. The van der Waals surface area contributed by atoms with Crippen LogP contribution in [-0.4, -0.2) is 69.8 Å². The maximum absolute atomic E-state index is 12.5. The van der Waals surface area contributed by atoms with Gasteiger partial charge >= 0.3 is 6.61 Å². The van der Waals surface area contributed by atoms with Gasteiger partial charge in [-0.2, -0.15) is 8.78 Å². The van der Waals surface area contributed by atoms with E-state index in [2.05, 4.69) is 15.0 Å². The number of anilines is 2. The summed E-state index contributed by atoms with van der Waals surface area (Å²) < 4.78 is 40.2. The smallest absolute Gasteiger partial charge is 0.387 e. The minimum absolute atomic E-state index is 0.0860. The number of hydrogen-bond donors (Lipinski definition) is 1. The number of carbonyl (C=O) groups excluding carboxylic acids is 2. The number of amides is 2. The standard InChI is InChI=1S/C25H29F2N3O5/c1-3-34-22-16-18(4-10-21(22)35-25(26)27)5-11-24(32)29(2)17-23(31)28-19-6-8-20(9-7-19)30-12-14-33-15-13-30/h4-11,16,25H,3,12-15,17H2,1-2H3,(H,28,31)/b11-5+. The number of nitrogens with zero attached hydrogens (tertiary/aromatic N) is 2. The maximum atomic E-state index is 12.5. The number of morpholine rings is 1. The van der Waals surface area contributed by atoms with Crippen LogP contribution in [0.2, 0.25) is 0 Å². The Bertz CT molecular complexity index is 1020. The molecule has 0 atom stereocenters. The van der Waals surface area contributed by atoms with Crippen molar-refractivity contribution >= 4 is 29.3 Å². The number of likely N-dealkylation sites (N-methyl/N-ethyl adjacent to an activating group) is 1. The van der Waals surface area contributed by atoms with Gasteiger partial charge in [-0.3, -0.25) is 9.59 Å². The van der Waals surface area contributed by atoms with Crippen molar-refractivity contribution in [3.8, 4) is 11.5 Å². The molecule has 8 nitrogen and oxygen atoms in total. The summed E-state index contributed by atoms with van der Waals surface area (Å²) in [5.74, 6) is -0.666. The Hall–Kier alpha value is -3.66. The first kappa shape index (κ1) is 26.0. The zero-order valence-corrected chi connectivity index (χ0v) is 19.7. The Kier molecular flexibility index (Phi) is 9.42. The summed E-state index contributed by atoms with van der Waals surface area (Å²) in [6.45, 7) is 1.91. The normalized spacial score (nSPS) is 13.7. The molecule has 2 amide bonds. The SMILES string of the molecule is CCOc1cc(/C=C/C(=O)N(C)CC(=O)Nc2ccc(N3CCOCC3)cc2)ccc1OC(F)F. The van der Waals surface area contributed by atoms with Gasteiger partial charge in [-0.15, -0.1) is 0 Å². The Morgan fingerprint density at radius 3 is 2.51 bits per heavy atom. The molecule has 0 aliphatic carbocycles. The molecule has 1 saturated heterocycles. The van der Waals surface area contributed by atoms with Crippen LogP contribution >= 0.6 is 0 Å². The number of nitrogens with one attached hydrogen (secondary N) is 1. The highest BCUT2D eigenvalue weighted by atomic mass is 19.3. The van der Waals surface area contributed by atoms with Crippen LogP contribution in [-0.2, 0) is 14.3 Å². The second kappa shape index (κ2) is 12.7. The van der Waals surface area contributed by atoms with E-state index in [1.165, 1.54) is 42.3 Å². The van der Waals surface area contributed by atoms with E-state index in [-0.39, 0.29) is 30.6 Å². The zero-order chi connectivity index (χ0) is 25.2. The molecule has 1 N–H and O–H groups in total. The third kappa shape index (κ3) is 7.96. The first-order valence-corrected chi connectivity index (χ1v) is 11.2. The van der Waals surface area contributed by atoms with Gasteiger partial charge in [-0.25, -0.2) is 0 Å². The number of hydrogen-bond acceptors (Lipinski definition) is 6. The molecule has 2 aromatic carbocycles. The molecule has 0 bridgehead atoms. The zero-order valence-electron chi connectivity index (χ0n) is 19.7. The summed E-state index contributed by atoms with van der Waals surface area (Å²) in [5, 5.41) is 2.78. The Labute approximate surface area is 203 Å². The fraction of sp³-hybridized carbons (Fsp3) is 0.360. The summed E-state index contributed by atoms with van der Waals surface area (Å²) in [5.41, 5.74) is 2.25. The molecule has 0 radical (unpaired) electrons. The van der Waals surface area contributed by atoms with E-state index >= 15 is 0 Å². The fourth-order valence-electron chi connectivity index (χ4n) is 3.46. The third-order valence-corrected chi connectivity index (χ3v) is 5.19. The molecule has 0 saturated carbocycles. The Morgan fingerprint density at radius 1 is 1.14 bits per heavy atom. The van der Waals surface area contributed by atoms with Gasteiger partial charge in [0, 0.05) is 37.6 Å². The van der Waals surface area contributed by atoms with E-state index in [9.17, 15) is 18.4 Å². The summed E-state index contributed by atoms with van der Waals surface area (Å²) >= 11 is 0. The van der Waals surface area contributed by atoms with Gasteiger partial charge in [-0.1, -0.05) is 6.07 Å². The molecule has 188 valence electrons. The molecule has 3 rings (SSSR count). The van der Waals surface area contributed by atoms with E-state index in [1.54, 1.807) is 6.92 Å². The third-order valence-electron chi connectivity index (χ3n) is 5.19. The van der Waals surface area contributed by atoms with Gasteiger partial charge in [0.15, 0.2) is 11.5 Å². The highest BCUT2D eigenvalue weighted by Gasteiger charge is 2.14. The maximum Gasteiger partial charge on any atom is 0.387 e. The second-order valence-electron chi connectivity index (χ2n) is 7.74. The number of benzene rings is 2. The average Bonchev–Trinajstić information content (AvgIpc) is 2.84. The largest absolute Gasteiger partial charge is 0.490 e. The minimum Gasteiger partial charge on any atom is -0.490 e. The van der Waals surface area contributed by atoms with Crippen molar-refractivity contribution < 1.29 is 32.6 Å². The Morgan fingerprint density at radius 2 is 1.86 bits per heavy atom. The number of halogens is 2. The monoisotopic (exact) mass is 489 g/mol. The van der Waals surface area contributed by atoms with E-state index in [0.29, 0.717) is 24.5 Å². The lowest BCUT2D eigenvalue weighted by atomic mass is 10.2. The van der Waals surface area contributed by atoms with Gasteiger partial charge in [0.1, 0.15) is 0 Å². The molecule has 0 aromatic heterocycles. The number of rotatable bonds is 10. The van der Waals surface area contributed by atoms with Crippen molar-refractivity contribution in [1.29, 1.82) is 0 Å². The van der Waals surface area contributed by atoms with Crippen molar-refractivity contribution in [3.63, 3.8) is 0 Å². The van der Waals surface area contributed by atoms with Crippen molar-refractivity contribution in [1.82, 2.24) is 4.90 Å². The minimum atomic E-state index is -2.97. The van der Waals surface area contributed by atoms with Crippen LogP contribution in [0.3, 0.4) is 0 Å². The quantitative estimate of drug-likeness (QED) is 0.514. The molecule has 2 aromatic rings. The van der Waals surface area contributed by atoms with E-state index in [0.717, 1.165) is 18.8 Å². The summed E-state index contributed by atoms with van der Waals surface area (Å²) in [4.78, 5) is 28.3. The topological polar surface area (TPSA) is 80.3 Å². The Balaban J connectivity index is 1.53. The lowest BCUT2D eigenvalue weighted by Crippen LogP contribution is -2.36. The fourth-order valence-corrected chi connectivity index (χ4v) is 3.46. The number of alkyl halides is 2. The van der Waals surface area contributed by atoms with Crippen LogP contribution in [0.15, 0.2) is 48.5 Å². The van der Waals surface area contributed by atoms with Crippen LogP contribution in [0, 0.1) is 0 Å². The molecule has 1 fully saturated rings. The van der Waals surface area contributed by atoms with Crippen LogP contribution in [0.4, 0.5) is 20.2 Å². The predicted octanol–water partition coefficient (Wildman–Crippen LogP) is 3.63. The van der Waals surface area contributed by atoms with E-state index in [1.807, 2.05) is 24.3 Å². The molecular weight excluding hydrogens is 460 g/mol. The molecular formula is C25H29F2N3O5. The van der Waals surface area contributed by atoms with Crippen LogP contribution < -0.4 is 19.7 Å². The van der Waals surface area contributed by atoms with Gasteiger partial charge in [0.25, 0.3) is 0 Å². The molecule has 0 spiro atoms. The lowest BCUT2D eigenvalue weighted by Gasteiger charge is -2.28. The molecule has 1 heterocycles. The predicted molar refractivity (Wildman–Crippen MR) is 129 cm³/mol.